The number of benzene rings is 1. The lowest BCUT2D eigenvalue weighted by Gasteiger charge is -2.27. The van der Waals surface area contributed by atoms with Crippen molar-refractivity contribution in [2.24, 2.45) is 12.8 Å². The highest BCUT2D eigenvalue weighted by Gasteiger charge is 2.22. The van der Waals surface area contributed by atoms with E-state index < -0.39 is 5.91 Å². The molecule has 0 aliphatic rings. The van der Waals surface area contributed by atoms with Crippen LogP contribution in [0.3, 0.4) is 0 Å². The first-order chi connectivity index (χ1) is 13.0. The number of hydrogen-bond acceptors (Lipinski definition) is 4. The molecule has 0 atom stereocenters. The maximum absolute atomic E-state index is 12.2. The van der Waals surface area contributed by atoms with E-state index in [2.05, 4.69) is 21.0 Å². The summed E-state index contributed by atoms with van der Waals surface area (Å²) in [7, 11) is 1.95. The van der Waals surface area contributed by atoms with Crippen molar-refractivity contribution in [2.45, 2.75) is 13.5 Å². The predicted molar refractivity (Wildman–Crippen MR) is 104 cm³/mol. The molecule has 0 fully saturated rings. The standard InChI is InChI=1S/C20H20N6O/c1-14-5-3-6-15(11-14)25(13-18-22-8-10-24(18)2)19-16(20(21)27)12-23-26-9-4-7-17(19)26/h3-12H,13H2,1-2H3,(H2,21,27). The zero-order valence-corrected chi connectivity index (χ0v) is 15.2. The van der Waals surface area contributed by atoms with Crippen molar-refractivity contribution >= 4 is 22.8 Å². The Labute approximate surface area is 156 Å². The molecule has 3 heterocycles. The highest BCUT2D eigenvalue weighted by atomic mass is 16.1. The van der Waals surface area contributed by atoms with Gasteiger partial charge in [0.05, 0.1) is 29.5 Å². The lowest BCUT2D eigenvalue weighted by atomic mass is 10.1. The second-order valence-electron chi connectivity index (χ2n) is 6.49. The molecule has 0 saturated heterocycles. The summed E-state index contributed by atoms with van der Waals surface area (Å²) in [5, 5.41) is 4.30. The number of rotatable bonds is 5. The van der Waals surface area contributed by atoms with Crippen LogP contribution in [0, 0.1) is 6.92 Å². The van der Waals surface area contributed by atoms with E-state index in [-0.39, 0.29) is 0 Å². The minimum Gasteiger partial charge on any atom is -0.365 e. The van der Waals surface area contributed by atoms with Crippen LogP contribution in [0.15, 0.2) is 61.2 Å². The van der Waals surface area contributed by atoms with Gasteiger partial charge in [0.25, 0.3) is 5.91 Å². The molecular formula is C20H20N6O. The van der Waals surface area contributed by atoms with Crippen molar-refractivity contribution in [3.05, 3.63) is 78.1 Å². The van der Waals surface area contributed by atoms with Gasteiger partial charge in [-0.2, -0.15) is 5.10 Å². The maximum Gasteiger partial charge on any atom is 0.252 e. The second-order valence-corrected chi connectivity index (χ2v) is 6.49. The first-order valence-corrected chi connectivity index (χ1v) is 8.61. The predicted octanol–water partition coefficient (Wildman–Crippen LogP) is 2.81. The zero-order chi connectivity index (χ0) is 19.0. The number of carbonyl (C=O) groups is 1. The van der Waals surface area contributed by atoms with Crippen molar-refractivity contribution in [2.75, 3.05) is 4.90 Å². The van der Waals surface area contributed by atoms with E-state index >= 15 is 0 Å². The number of nitrogens with zero attached hydrogens (tertiary/aromatic N) is 5. The molecule has 2 N–H and O–H groups in total. The molecule has 0 unspecified atom stereocenters. The molecule has 0 radical (unpaired) electrons. The van der Waals surface area contributed by atoms with Gasteiger partial charge in [0.1, 0.15) is 5.82 Å². The van der Waals surface area contributed by atoms with Crippen LogP contribution >= 0.6 is 0 Å². The minimum absolute atomic E-state index is 0.372. The van der Waals surface area contributed by atoms with Gasteiger partial charge in [-0.05, 0) is 36.8 Å². The molecule has 136 valence electrons. The van der Waals surface area contributed by atoms with Crippen LogP contribution in [-0.2, 0) is 13.6 Å². The number of aryl methyl sites for hydroxylation is 2. The third-order valence-corrected chi connectivity index (χ3v) is 4.61. The quantitative estimate of drug-likeness (QED) is 0.593. The van der Waals surface area contributed by atoms with Crippen molar-refractivity contribution < 1.29 is 4.79 Å². The smallest absolute Gasteiger partial charge is 0.252 e. The molecule has 1 amide bonds. The largest absolute Gasteiger partial charge is 0.365 e. The molecular weight excluding hydrogens is 340 g/mol. The number of nitrogens with two attached hydrogens (primary N) is 1. The van der Waals surface area contributed by atoms with Gasteiger partial charge in [0.15, 0.2) is 0 Å². The molecule has 0 aliphatic heterocycles. The van der Waals surface area contributed by atoms with Gasteiger partial charge in [-0.25, -0.2) is 9.50 Å². The van der Waals surface area contributed by atoms with Gasteiger partial charge in [-0.3, -0.25) is 4.79 Å². The van der Waals surface area contributed by atoms with Crippen molar-refractivity contribution in [1.82, 2.24) is 19.2 Å². The average Bonchev–Trinajstić information content (AvgIpc) is 3.27. The lowest BCUT2D eigenvalue weighted by Crippen LogP contribution is -2.24. The number of primary amides is 1. The summed E-state index contributed by atoms with van der Waals surface area (Å²) in [5.74, 6) is 0.354. The molecule has 0 bridgehead atoms. The first kappa shape index (κ1) is 16.8. The molecule has 3 aromatic heterocycles. The SMILES string of the molecule is Cc1cccc(N(Cc2nccn2C)c2c(C(N)=O)cnn3cccc23)c1. The molecule has 1 aromatic carbocycles. The van der Waals surface area contributed by atoms with E-state index in [1.54, 1.807) is 10.7 Å². The Morgan fingerprint density at radius 2 is 2.07 bits per heavy atom. The van der Waals surface area contributed by atoms with Crippen LogP contribution in [0.25, 0.3) is 5.52 Å². The molecule has 0 saturated carbocycles. The van der Waals surface area contributed by atoms with E-state index in [4.69, 9.17) is 5.73 Å². The number of imidazole rings is 1. The van der Waals surface area contributed by atoms with Crippen molar-refractivity contribution in [3.63, 3.8) is 0 Å². The zero-order valence-electron chi connectivity index (χ0n) is 15.2. The molecule has 0 aliphatic carbocycles. The normalized spacial score (nSPS) is 11.0. The average molecular weight is 360 g/mol. The van der Waals surface area contributed by atoms with Crippen LogP contribution in [0.1, 0.15) is 21.7 Å². The van der Waals surface area contributed by atoms with Crippen LogP contribution in [-0.4, -0.2) is 25.1 Å². The molecule has 7 nitrogen and oxygen atoms in total. The minimum atomic E-state index is -0.515. The molecule has 4 rings (SSSR count). The van der Waals surface area contributed by atoms with Gasteiger partial charge in [0, 0.05) is 31.3 Å². The van der Waals surface area contributed by atoms with E-state index in [0.717, 1.165) is 28.3 Å². The topological polar surface area (TPSA) is 81.5 Å². The van der Waals surface area contributed by atoms with E-state index in [0.29, 0.717) is 12.1 Å². The fraction of sp³-hybridized carbons (Fsp3) is 0.150. The third kappa shape index (κ3) is 3.03. The van der Waals surface area contributed by atoms with E-state index in [1.165, 1.54) is 6.20 Å². The Morgan fingerprint density at radius 3 is 2.78 bits per heavy atom. The van der Waals surface area contributed by atoms with Crippen LogP contribution in [0.4, 0.5) is 11.4 Å². The third-order valence-electron chi connectivity index (χ3n) is 4.61. The number of aromatic nitrogens is 4. The Morgan fingerprint density at radius 1 is 1.22 bits per heavy atom. The number of fused-ring (bicyclic) bond motifs is 1. The second kappa shape index (κ2) is 6.60. The Kier molecular flexibility index (Phi) is 4.12. The summed E-state index contributed by atoms with van der Waals surface area (Å²) < 4.78 is 3.70. The number of hydrogen-bond donors (Lipinski definition) is 1. The Balaban J connectivity index is 1.97. The Bertz CT molecular complexity index is 1130. The summed E-state index contributed by atoms with van der Waals surface area (Å²) in [4.78, 5) is 18.7. The van der Waals surface area contributed by atoms with Gasteiger partial charge < -0.3 is 15.2 Å². The monoisotopic (exact) mass is 360 g/mol. The number of amides is 1. The maximum atomic E-state index is 12.2. The van der Waals surface area contributed by atoms with Crippen molar-refractivity contribution in [1.29, 1.82) is 0 Å². The van der Waals surface area contributed by atoms with Crippen LogP contribution in [0.2, 0.25) is 0 Å². The number of carbonyl (C=O) groups excluding carboxylic acids is 1. The number of anilines is 2. The molecule has 7 heteroatoms. The van der Waals surface area contributed by atoms with Gasteiger partial charge in [-0.15, -0.1) is 0 Å². The highest BCUT2D eigenvalue weighted by molar-refractivity contribution is 6.03. The summed E-state index contributed by atoms with van der Waals surface area (Å²) in [6.45, 7) is 2.52. The molecule has 0 spiro atoms. The van der Waals surface area contributed by atoms with Gasteiger partial charge >= 0.3 is 0 Å². The Hall–Kier alpha value is -3.61. The summed E-state index contributed by atoms with van der Waals surface area (Å²) in [6.07, 6.45) is 7.03. The van der Waals surface area contributed by atoms with Gasteiger partial charge in [0.2, 0.25) is 0 Å². The fourth-order valence-electron chi connectivity index (χ4n) is 3.23. The molecule has 4 aromatic rings. The van der Waals surface area contributed by atoms with Crippen molar-refractivity contribution in [3.8, 4) is 0 Å². The summed E-state index contributed by atoms with van der Waals surface area (Å²) >= 11 is 0. The van der Waals surface area contributed by atoms with Crippen LogP contribution in [0.5, 0.6) is 0 Å². The summed E-state index contributed by atoms with van der Waals surface area (Å²) in [6, 6.07) is 11.9. The summed E-state index contributed by atoms with van der Waals surface area (Å²) in [5.41, 5.74) is 9.66. The fourth-order valence-corrected chi connectivity index (χ4v) is 3.23. The van der Waals surface area contributed by atoms with Gasteiger partial charge in [-0.1, -0.05) is 12.1 Å². The highest BCUT2D eigenvalue weighted by Crippen LogP contribution is 2.34. The van der Waals surface area contributed by atoms with E-state index in [9.17, 15) is 4.79 Å². The van der Waals surface area contributed by atoms with Crippen LogP contribution < -0.4 is 10.6 Å². The van der Waals surface area contributed by atoms with E-state index in [1.807, 2.05) is 61.3 Å². The first-order valence-electron chi connectivity index (χ1n) is 8.61. The lowest BCUT2D eigenvalue weighted by molar-refractivity contribution is 0.100. The molecule has 27 heavy (non-hydrogen) atoms.